The fourth-order valence-electron chi connectivity index (χ4n) is 4.10. The van der Waals surface area contributed by atoms with Gasteiger partial charge in [-0.2, -0.15) is 0 Å². The second kappa shape index (κ2) is 12.2. The fourth-order valence-corrected chi connectivity index (χ4v) is 4.10. The number of likely N-dealkylation sites (tertiary alicyclic amines) is 1. The minimum absolute atomic E-state index is 0. The van der Waals surface area contributed by atoms with Gasteiger partial charge in [0.05, 0.1) is 13.7 Å². The van der Waals surface area contributed by atoms with E-state index in [0.717, 1.165) is 56.2 Å². The summed E-state index contributed by atoms with van der Waals surface area (Å²) in [4.78, 5) is 19.5. The molecule has 1 aliphatic carbocycles. The fraction of sp³-hybridized carbons (Fsp3) is 0.636. The summed E-state index contributed by atoms with van der Waals surface area (Å²) in [6, 6.07) is 8.24. The van der Waals surface area contributed by atoms with Crippen molar-refractivity contribution in [1.29, 1.82) is 0 Å². The lowest BCUT2D eigenvalue weighted by Crippen LogP contribution is -2.45. The van der Waals surface area contributed by atoms with Crippen molar-refractivity contribution < 1.29 is 9.53 Å². The zero-order valence-corrected chi connectivity index (χ0v) is 20.0. The Labute approximate surface area is 191 Å². The SMILES string of the molecule is CCNC(=NCc1ccc(OC)cc1)NC1CCN(C(=O)C2CCCCC2)C1.I. The molecule has 1 aromatic rings. The Morgan fingerprint density at radius 3 is 2.55 bits per heavy atom. The monoisotopic (exact) mass is 514 g/mol. The summed E-state index contributed by atoms with van der Waals surface area (Å²) in [5, 5.41) is 6.84. The van der Waals surface area contributed by atoms with Gasteiger partial charge in [-0.1, -0.05) is 31.4 Å². The summed E-state index contributed by atoms with van der Waals surface area (Å²) >= 11 is 0. The lowest BCUT2D eigenvalue weighted by Gasteiger charge is -2.26. The van der Waals surface area contributed by atoms with Gasteiger partial charge in [0.25, 0.3) is 0 Å². The largest absolute Gasteiger partial charge is 0.497 e. The molecule has 0 aromatic heterocycles. The number of carbonyl (C=O) groups excluding carboxylic acids is 1. The summed E-state index contributed by atoms with van der Waals surface area (Å²) in [6.45, 7) is 5.12. The Morgan fingerprint density at radius 1 is 1.17 bits per heavy atom. The van der Waals surface area contributed by atoms with Crippen molar-refractivity contribution in [2.24, 2.45) is 10.9 Å². The van der Waals surface area contributed by atoms with Crippen LogP contribution in [0.2, 0.25) is 0 Å². The Morgan fingerprint density at radius 2 is 1.90 bits per heavy atom. The van der Waals surface area contributed by atoms with Crippen LogP contribution in [-0.4, -0.2) is 49.6 Å². The number of aliphatic imine (C=N–C) groups is 1. The van der Waals surface area contributed by atoms with Gasteiger partial charge in [-0.15, -0.1) is 24.0 Å². The molecule has 2 fully saturated rings. The predicted molar refractivity (Wildman–Crippen MR) is 128 cm³/mol. The summed E-state index contributed by atoms with van der Waals surface area (Å²) in [5.41, 5.74) is 1.14. The highest BCUT2D eigenvalue weighted by molar-refractivity contribution is 14.0. The van der Waals surface area contributed by atoms with Crippen LogP contribution in [0.5, 0.6) is 5.75 Å². The van der Waals surface area contributed by atoms with E-state index in [1.54, 1.807) is 7.11 Å². The van der Waals surface area contributed by atoms with E-state index in [2.05, 4.69) is 22.5 Å². The molecule has 0 radical (unpaired) electrons. The topological polar surface area (TPSA) is 66.0 Å². The van der Waals surface area contributed by atoms with Crippen molar-refractivity contribution >= 4 is 35.8 Å². The molecule has 1 saturated carbocycles. The van der Waals surface area contributed by atoms with Crippen LogP contribution in [0.1, 0.15) is 51.0 Å². The number of guanidine groups is 1. The van der Waals surface area contributed by atoms with E-state index in [1.807, 2.05) is 24.3 Å². The van der Waals surface area contributed by atoms with Gasteiger partial charge in [0, 0.05) is 31.6 Å². The van der Waals surface area contributed by atoms with Crippen LogP contribution >= 0.6 is 24.0 Å². The average molecular weight is 514 g/mol. The Bertz CT molecular complexity index is 659. The molecule has 2 N–H and O–H groups in total. The number of amides is 1. The average Bonchev–Trinajstić information content (AvgIpc) is 3.21. The number of rotatable bonds is 6. The highest BCUT2D eigenvalue weighted by Crippen LogP contribution is 2.26. The first kappa shape index (κ1) is 23.8. The summed E-state index contributed by atoms with van der Waals surface area (Å²) in [6.07, 6.45) is 6.80. The molecule has 1 aliphatic heterocycles. The minimum atomic E-state index is 0. The number of halogens is 1. The molecule has 6 nitrogen and oxygen atoms in total. The highest BCUT2D eigenvalue weighted by Gasteiger charge is 2.31. The smallest absolute Gasteiger partial charge is 0.225 e. The zero-order valence-electron chi connectivity index (χ0n) is 17.7. The normalized spacial score (nSPS) is 20.1. The van der Waals surface area contributed by atoms with Gasteiger partial charge in [0.1, 0.15) is 5.75 Å². The highest BCUT2D eigenvalue weighted by atomic mass is 127. The third-order valence-electron chi connectivity index (χ3n) is 5.72. The van der Waals surface area contributed by atoms with E-state index in [0.29, 0.717) is 12.5 Å². The molecule has 1 heterocycles. The predicted octanol–water partition coefficient (Wildman–Crippen LogP) is 3.55. The van der Waals surface area contributed by atoms with Crippen molar-refractivity contribution in [2.75, 3.05) is 26.7 Å². The van der Waals surface area contributed by atoms with E-state index in [4.69, 9.17) is 9.73 Å². The first-order valence-corrected chi connectivity index (χ1v) is 10.7. The molecule has 1 saturated heterocycles. The van der Waals surface area contributed by atoms with E-state index in [-0.39, 0.29) is 35.9 Å². The molecule has 0 bridgehead atoms. The lowest BCUT2D eigenvalue weighted by atomic mass is 9.88. The molecule has 29 heavy (non-hydrogen) atoms. The summed E-state index contributed by atoms with van der Waals surface area (Å²) in [5.74, 6) is 2.29. The van der Waals surface area contributed by atoms with Crippen LogP contribution in [-0.2, 0) is 11.3 Å². The van der Waals surface area contributed by atoms with E-state index in [1.165, 1.54) is 19.3 Å². The van der Waals surface area contributed by atoms with Gasteiger partial charge >= 0.3 is 0 Å². The number of nitrogens with one attached hydrogen (secondary N) is 2. The maximum atomic E-state index is 12.8. The lowest BCUT2D eigenvalue weighted by molar-refractivity contribution is -0.135. The van der Waals surface area contributed by atoms with Crippen LogP contribution in [0.15, 0.2) is 29.3 Å². The molecule has 3 rings (SSSR count). The van der Waals surface area contributed by atoms with Gasteiger partial charge in [-0.05, 0) is 43.9 Å². The standard InChI is InChI=1S/C22H34N4O2.HI/c1-3-23-22(24-15-17-9-11-20(28-2)12-10-17)25-19-13-14-26(16-19)21(27)18-7-5-4-6-8-18;/h9-12,18-19H,3-8,13-16H2,1-2H3,(H2,23,24,25);1H. The number of ether oxygens (including phenoxy) is 1. The molecule has 1 aromatic carbocycles. The van der Waals surface area contributed by atoms with Gasteiger partial charge < -0.3 is 20.3 Å². The number of hydrogen-bond donors (Lipinski definition) is 2. The molecule has 1 atom stereocenters. The maximum absolute atomic E-state index is 12.8. The number of methoxy groups -OCH3 is 1. The summed E-state index contributed by atoms with van der Waals surface area (Å²) in [7, 11) is 1.67. The maximum Gasteiger partial charge on any atom is 0.225 e. The number of carbonyl (C=O) groups is 1. The summed E-state index contributed by atoms with van der Waals surface area (Å²) < 4.78 is 5.20. The second-order valence-electron chi connectivity index (χ2n) is 7.79. The Balaban J connectivity index is 0.00000300. The van der Waals surface area contributed by atoms with Crippen molar-refractivity contribution in [3.8, 4) is 5.75 Å². The van der Waals surface area contributed by atoms with Crippen LogP contribution < -0.4 is 15.4 Å². The minimum Gasteiger partial charge on any atom is -0.497 e. The van der Waals surface area contributed by atoms with E-state index < -0.39 is 0 Å². The Hall–Kier alpha value is -1.51. The molecule has 0 spiro atoms. The third-order valence-corrected chi connectivity index (χ3v) is 5.72. The number of nitrogens with zero attached hydrogens (tertiary/aromatic N) is 2. The molecule has 162 valence electrons. The number of hydrogen-bond acceptors (Lipinski definition) is 3. The molecule has 2 aliphatic rings. The van der Waals surface area contributed by atoms with Gasteiger partial charge in [-0.3, -0.25) is 4.79 Å². The van der Waals surface area contributed by atoms with Gasteiger partial charge in [0.15, 0.2) is 5.96 Å². The molecule has 1 unspecified atom stereocenters. The van der Waals surface area contributed by atoms with Crippen molar-refractivity contribution in [3.63, 3.8) is 0 Å². The van der Waals surface area contributed by atoms with Crippen molar-refractivity contribution in [2.45, 2.75) is 58.0 Å². The Kier molecular flexibility index (Phi) is 10.0. The van der Waals surface area contributed by atoms with Crippen LogP contribution in [0, 0.1) is 5.92 Å². The van der Waals surface area contributed by atoms with Crippen LogP contribution in [0.25, 0.3) is 0 Å². The van der Waals surface area contributed by atoms with Gasteiger partial charge in [0.2, 0.25) is 5.91 Å². The molecular weight excluding hydrogens is 479 g/mol. The first-order valence-electron chi connectivity index (χ1n) is 10.7. The van der Waals surface area contributed by atoms with Crippen LogP contribution in [0.4, 0.5) is 0 Å². The van der Waals surface area contributed by atoms with Gasteiger partial charge in [-0.25, -0.2) is 4.99 Å². The third kappa shape index (κ3) is 7.04. The number of benzene rings is 1. The van der Waals surface area contributed by atoms with E-state index in [9.17, 15) is 4.79 Å². The second-order valence-corrected chi connectivity index (χ2v) is 7.79. The first-order chi connectivity index (χ1) is 13.7. The molecule has 1 amide bonds. The quantitative estimate of drug-likeness (QED) is 0.346. The van der Waals surface area contributed by atoms with E-state index >= 15 is 0 Å². The zero-order chi connectivity index (χ0) is 19.8. The molecular formula is C22H35IN4O2. The van der Waals surface area contributed by atoms with Crippen molar-refractivity contribution in [3.05, 3.63) is 29.8 Å². The molecule has 7 heteroatoms. The van der Waals surface area contributed by atoms with Crippen molar-refractivity contribution in [1.82, 2.24) is 15.5 Å². The van der Waals surface area contributed by atoms with Crippen LogP contribution in [0.3, 0.4) is 0 Å².